The number of likely N-dealkylation sites (N-methyl/N-ethyl adjacent to an activating group) is 1. The van der Waals surface area contributed by atoms with E-state index in [2.05, 4.69) is 30.1 Å². The summed E-state index contributed by atoms with van der Waals surface area (Å²) in [6, 6.07) is 6.34. The lowest BCUT2D eigenvalue weighted by atomic mass is 10.1. The fourth-order valence-electron chi connectivity index (χ4n) is 1.88. The van der Waals surface area contributed by atoms with Gasteiger partial charge in [-0.05, 0) is 31.0 Å². The van der Waals surface area contributed by atoms with Crippen LogP contribution in [0.4, 0.5) is 5.69 Å². The van der Waals surface area contributed by atoms with Crippen LogP contribution in [-0.4, -0.2) is 26.7 Å². The average Bonchev–Trinajstić information content (AvgIpc) is 2.61. The van der Waals surface area contributed by atoms with Crippen molar-refractivity contribution in [2.45, 2.75) is 12.8 Å². The Kier molecular flexibility index (Phi) is 3.11. The number of fused-ring (bicyclic) bond motifs is 1. The van der Waals surface area contributed by atoms with E-state index in [1.54, 1.807) is 0 Å². The molecule has 0 saturated carbocycles. The lowest BCUT2D eigenvalue weighted by Crippen LogP contribution is -2.12. The van der Waals surface area contributed by atoms with Gasteiger partial charge in [0, 0.05) is 25.3 Å². The van der Waals surface area contributed by atoms with Gasteiger partial charge in [-0.3, -0.25) is 0 Å². The zero-order valence-electron chi connectivity index (χ0n) is 9.20. The Morgan fingerprint density at radius 1 is 1.47 bits per heavy atom. The van der Waals surface area contributed by atoms with Gasteiger partial charge in [0.15, 0.2) is 0 Å². The zero-order chi connectivity index (χ0) is 10.7. The number of anilines is 1. The fraction of sp³-hybridized carbons (Fsp3) is 0.500. The summed E-state index contributed by atoms with van der Waals surface area (Å²) in [5, 5.41) is 0. The summed E-state index contributed by atoms with van der Waals surface area (Å²) in [6.45, 7) is 2.51. The highest BCUT2D eigenvalue weighted by Crippen LogP contribution is 2.30. The number of rotatable bonds is 4. The van der Waals surface area contributed by atoms with Gasteiger partial charge in [-0.1, -0.05) is 6.07 Å². The molecule has 3 nitrogen and oxygen atoms in total. The summed E-state index contributed by atoms with van der Waals surface area (Å²) < 4.78 is 5.61. The molecule has 0 fully saturated rings. The largest absolute Gasteiger partial charge is 0.493 e. The third-order valence-electron chi connectivity index (χ3n) is 2.80. The highest BCUT2D eigenvalue weighted by atomic mass is 16.5. The highest BCUT2D eigenvalue weighted by molar-refractivity contribution is 5.60. The third kappa shape index (κ3) is 2.23. The maximum atomic E-state index is 5.61. The Morgan fingerprint density at radius 2 is 2.33 bits per heavy atom. The molecule has 0 spiro atoms. The first-order valence-corrected chi connectivity index (χ1v) is 5.48. The van der Waals surface area contributed by atoms with Crippen LogP contribution in [0.1, 0.15) is 12.0 Å². The molecule has 15 heavy (non-hydrogen) atoms. The van der Waals surface area contributed by atoms with E-state index >= 15 is 0 Å². The predicted molar refractivity (Wildman–Crippen MR) is 62.6 cm³/mol. The second-order valence-electron chi connectivity index (χ2n) is 3.95. The topological polar surface area (TPSA) is 38.5 Å². The second-order valence-corrected chi connectivity index (χ2v) is 3.95. The van der Waals surface area contributed by atoms with Gasteiger partial charge in [0.05, 0.1) is 6.61 Å². The Bertz CT molecular complexity index is 338. The minimum atomic E-state index is 0.685. The molecular formula is C12H18N2O. The lowest BCUT2D eigenvalue weighted by molar-refractivity contribution is 0.313. The van der Waals surface area contributed by atoms with Crippen molar-refractivity contribution in [3.8, 4) is 5.75 Å². The summed E-state index contributed by atoms with van der Waals surface area (Å²) in [4.78, 5) is 2.27. The molecule has 0 radical (unpaired) electrons. The number of nitrogens with zero attached hydrogens (tertiary/aromatic N) is 1. The first kappa shape index (κ1) is 10.3. The summed E-state index contributed by atoms with van der Waals surface area (Å²) in [5.74, 6) is 0.955. The van der Waals surface area contributed by atoms with Crippen LogP contribution in [0.5, 0.6) is 5.75 Å². The average molecular weight is 206 g/mol. The van der Waals surface area contributed by atoms with Gasteiger partial charge in [0.25, 0.3) is 0 Å². The van der Waals surface area contributed by atoms with E-state index < -0.39 is 0 Å². The fourth-order valence-corrected chi connectivity index (χ4v) is 1.88. The van der Waals surface area contributed by atoms with Crippen molar-refractivity contribution < 1.29 is 4.74 Å². The molecule has 0 atom stereocenters. The van der Waals surface area contributed by atoms with Crippen LogP contribution in [0, 0.1) is 0 Å². The molecular weight excluding hydrogens is 188 g/mol. The molecule has 0 saturated heterocycles. The van der Waals surface area contributed by atoms with Crippen LogP contribution < -0.4 is 15.4 Å². The van der Waals surface area contributed by atoms with Crippen LogP contribution >= 0.6 is 0 Å². The van der Waals surface area contributed by atoms with Crippen LogP contribution in [-0.2, 0) is 6.42 Å². The van der Waals surface area contributed by atoms with E-state index in [1.165, 1.54) is 11.3 Å². The first-order valence-electron chi connectivity index (χ1n) is 5.48. The SMILES string of the molecule is CN1CCc2ccc(OCCCN)cc21. The van der Waals surface area contributed by atoms with Gasteiger partial charge < -0.3 is 15.4 Å². The third-order valence-corrected chi connectivity index (χ3v) is 2.80. The molecule has 1 aromatic carbocycles. The van der Waals surface area contributed by atoms with Crippen molar-refractivity contribution in [1.29, 1.82) is 0 Å². The molecule has 1 heterocycles. The summed E-state index contributed by atoms with van der Waals surface area (Å²) in [7, 11) is 2.12. The van der Waals surface area contributed by atoms with E-state index in [4.69, 9.17) is 10.5 Å². The smallest absolute Gasteiger partial charge is 0.121 e. The van der Waals surface area contributed by atoms with Crippen molar-refractivity contribution in [2.24, 2.45) is 5.73 Å². The maximum absolute atomic E-state index is 5.61. The van der Waals surface area contributed by atoms with E-state index in [0.29, 0.717) is 13.2 Å². The monoisotopic (exact) mass is 206 g/mol. The van der Waals surface area contributed by atoms with Gasteiger partial charge in [0.1, 0.15) is 5.75 Å². The molecule has 3 heteroatoms. The number of nitrogens with two attached hydrogens (primary N) is 1. The van der Waals surface area contributed by atoms with Crippen molar-refractivity contribution in [2.75, 3.05) is 31.6 Å². The zero-order valence-corrected chi connectivity index (χ0v) is 9.20. The molecule has 82 valence electrons. The van der Waals surface area contributed by atoms with Gasteiger partial charge in [-0.2, -0.15) is 0 Å². The Labute approximate surface area is 90.8 Å². The minimum Gasteiger partial charge on any atom is -0.493 e. The molecule has 2 rings (SSSR count). The quantitative estimate of drug-likeness (QED) is 0.757. The van der Waals surface area contributed by atoms with Crippen LogP contribution in [0.25, 0.3) is 0 Å². The van der Waals surface area contributed by atoms with Crippen molar-refractivity contribution in [1.82, 2.24) is 0 Å². The molecule has 2 N–H and O–H groups in total. The molecule has 1 aromatic rings. The van der Waals surface area contributed by atoms with Gasteiger partial charge in [-0.15, -0.1) is 0 Å². The second kappa shape index (κ2) is 4.53. The minimum absolute atomic E-state index is 0.685. The van der Waals surface area contributed by atoms with Gasteiger partial charge >= 0.3 is 0 Å². The number of ether oxygens (including phenoxy) is 1. The Hall–Kier alpha value is -1.22. The Balaban J connectivity index is 2.05. The summed E-state index contributed by atoms with van der Waals surface area (Å²) in [6.07, 6.45) is 2.06. The Morgan fingerprint density at radius 3 is 3.13 bits per heavy atom. The molecule has 0 aromatic heterocycles. The number of hydrogen-bond acceptors (Lipinski definition) is 3. The number of benzene rings is 1. The highest BCUT2D eigenvalue weighted by Gasteiger charge is 2.15. The summed E-state index contributed by atoms with van der Waals surface area (Å²) >= 11 is 0. The van der Waals surface area contributed by atoms with Crippen molar-refractivity contribution >= 4 is 5.69 Å². The van der Waals surface area contributed by atoms with E-state index in [0.717, 1.165) is 25.1 Å². The predicted octanol–water partition coefficient (Wildman–Crippen LogP) is 1.41. The van der Waals surface area contributed by atoms with Crippen molar-refractivity contribution in [3.63, 3.8) is 0 Å². The molecule has 0 aliphatic carbocycles. The van der Waals surface area contributed by atoms with Gasteiger partial charge in [-0.25, -0.2) is 0 Å². The van der Waals surface area contributed by atoms with Crippen LogP contribution in [0.3, 0.4) is 0 Å². The van der Waals surface area contributed by atoms with E-state index in [9.17, 15) is 0 Å². The normalized spacial score (nSPS) is 14.1. The molecule has 0 amide bonds. The molecule has 0 bridgehead atoms. The van der Waals surface area contributed by atoms with Crippen LogP contribution in [0.2, 0.25) is 0 Å². The molecule has 1 aliphatic rings. The van der Waals surface area contributed by atoms with E-state index in [-0.39, 0.29) is 0 Å². The summed E-state index contributed by atoms with van der Waals surface area (Å²) in [5.41, 5.74) is 8.14. The van der Waals surface area contributed by atoms with Crippen molar-refractivity contribution in [3.05, 3.63) is 23.8 Å². The standard InChI is InChI=1S/C12H18N2O/c1-14-7-5-10-3-4-11(9-12(10)14)15-8-2-6-13/h3-4,9H,2,5-8,13H2,1H3. The lowest BCUT2D eigenvalue weighted by Gasteiger charge is -2.13. The molecule has 0 unspecified atom stereocenters. The maximum Gasteiger partial charge on any atom is 0.121 e. The molecule has 1 aliphatic heterocycles. The van der Waals surface area contributed by atoms with E-state index in [1.807, 2.05) is 0 Å². The number of hydrogen-bond donors (Lipinski definition) is 1. The van der Waals surface area contributed by atoms with Gasteiger partial charge in [0.2, 0.25) is 0 Å². The van der Waals surface area contributed by atoms with Crippen LogP contribution in [0.15, 0.2) is 18.2 Å². The first-order chi connectivity index (χ1) is 7.31.